The zero-order chi connectivity index (χ0) is 11.4. The Kier molecular flexibility index (Phi) is 4.27. The fourth-order valence-corrected chi connectivity index (χ4v) is 3.12. The molecule has 0 aliphatic carbocycles. The van der Waals surface area contributed by atoms with Gasteiger partial charge in [-0.1, -0.05) is 18.2 Å². The second-order valence-electron chi connectivity index (χ2n) is 4.16. The Bertz CT molecular complexity index is 332. The summed E-state index contributed by atoms with van der Waals surface area (Å²) in [5, 5.41) is 9.65. The highest BCUT2D eigenvalue weighted by Crippen LogP contribution is 2.29. The van der Waals surface area contributed by atoms with E-state index in [1.54, 1.807) is 11.8 Å². The van der Waals surface area contributed by atoms with Crippen molar-refractivity contribution in [2.24, 2.45) is 0 Å². The van der Waals surface area contributed by atoms with Gasteiger partial charge in [0, 0.05) is 17.3 Å². The zero-order valence-electron chi connectivity index (χ0n) is 9.56. The molecule has 0 bridgehead atoms. The van der Waals surface area contributed by atoms with Gasteiger partial charge in [0.2, 0.25) is 0 Å². The molecule has 1 N–H and O–H groups in total. The number of hydrogen-bond acceptors (Lipinski definition) is 3. The zero-order valence-corrected chi connectivity index (χ0v) is 10.4. The first-order chi connectivity index (χ1) is 7.77. The molecule has 3 heteroatoms. The minimum absolute atomic E-state index is 0.395. The van der Waals surface area contributed by atoms with Crippen LogP contribution in [0.5, 0.6) is 0 Å². The molecule has 1 saturated heterocycles. The minimum Gasteiger partial charge on any atom is -0.389 e. The summed E-state index contributed by atoms with van der Waals surface area (Å²) in [5.74, 6) is 0.990. The van der Waals surface area contributed by atoms with Gasteiger partial charge < -0.3 is 9.84 Å². The molecule has 2 nitrogen and oxygen atoms in total. The van der Waals surface area contributed by atoms with Gasteiger partial charge in [0.05, 0.1) is 12.2 Å². The molecule has 1 aliphatic heterocycles. The minimum atomic E-state index is -0.395. The highest BCUT2D eigenvalue weighted by atomic mass is 32.2. The van der Waals surface area contributed by atoms with Crippen LogP contribution in [0.3, 0.4) is 0 Å². The maximum Gasteiger partial charge on any atom is 0.0772 e. The van der Waals surface area contributed by atoms with Crippen LogP contribution >= 0.6 is 11.8 Å². The van der Waals surface area contributed by atoms with E-state index in [4.69, 9.17) is 4.74 Å². The van der Waals surface area contributed by atoms with Crippen molar-refractivity contribution in [2.75, 3.05) is 12.4 Å². The van der Waals surface area contributed by atoms with Crippen LogP contribution in [0.2, 0.25) is 0 Å². The molecule has 0 aromatic heterocycles. The predicted octanol–water partition coefficient (Wildman–Crippen LogP) is 3.01. The molecule has 1 aromatic rings. The molecule has 16 heavy (non-hydrogen) atoms. The number of rotatable bonds is 4. The number of hydrogen-bond donors (Lipinski definition) is 1. The van der Waals surface area contributed by atoms with Crippen LogP contribution in [0.25, 0.3) is 0 Å². The molecular weight excluding hydrogens is 220 g/mol. The van der Waals surface area contributed by atoms with Gasteiger partial charge in [-0.3, -0.25) is 0 Å². The van der Waals surface area contributed by atoms with Gasteiger partial charge in [0.25, 0.3) is 0 Å². The van der Waals surface area contributed by atoms with Crippen molar-refractivity contribution in [2.45, 2.75) is 36.9 Å². The summed E-state index contributed by atoms with van der Waals surface area (Å²) in [6.07, 6.45) is 2.35. The fourth-order valence-electron chi connectivity index (χ4n) is 1.92. The molecule has 0 amide bonds. The van der Waals surface area contributed by atoms with Gasteiger partial charge in [0.1, 0.15) is 0 Å². The molecule has 0 radical (unpaired) electrons. The average molecular weight is 238 g/mol. The van der Waals surface area contributed by atoms with Crippen LogP contribution in [-0.2, 0) is 4.74 Å². The lowest BCUT2D eigenvalue weighted by atomic mass is 10.1. The predicted molar refractivity (Wildman–Crippen MR) is 66.8 cm³/mol. The Morgan fingerprint density at radius 1 is 1.50 bits per heavy atom. The average Bonchev–Trinajstić information content (AvgIpc) is 2.79. The van der Waals surface area contributed by atoms with E-state index in [0.717, 1.165) is 17.9 Å². The second kappa shape index (κ2) is 5.71. The first-order valence-electron chi connectivity index (χ1n) is 5.79. The quantitative estimate of drug-likeness (QED) is 0.818. The van der Waals surface area contributed by atoms with Crippen LogP contribution in [0.15, 0.2) is 29.2 Å². The summed E-state index contributed by atoms with van der Waals surface area (Å²) in [4.78, 5) is 1.17. The normalized spacial score (nSPS) is 22.2. The SMILES string of the molecule is C[C@@H](O)c1ccccc1SCC1CCCO1. The molecule has 88 valence electrons. The third kappa shape index (κ3) is 3.00. The Morgan fingerprint density at radius 3 is 3.00 bits per heavy atom. The molecule has 1 aromatic carbocycles. The van der Waals surface area contributed by atoms with Gasteiger partial charge in [-0.05, 0) is 31.4 Å². The van der Waals surface area contributed by atoms with Crippen LogP contribution in [0.4, 0.5) is 0 Å². The third-order valence-electron chi connectivity index (χ3n) is 2.82. The second-order valence-corrected chi connectivity index (χ2v) is 5.22. The molecule has 2 atom stereocenters. The topological polar surface area (TPSA) is 29.5 Å². The summed E-state index contributed by atoms with van der Waals surface area (Å²) in [6.45, 7) is 2.72. The highest BCUT2D eigenvalue weighted by Gasteiger charge is 2.16. The van der Waals surface area contributed by atoms with Gasteiger partial charge in [-0.15, -0.1) is 11.8 Å². The standard InChI is InChI=1S/C13H18O2S/c1-10(14)12-6-2-3-7-13(12)16-9-11-5-4-8-15-11/h2-3,6-7,10-11,14H,4-5,8-9H2,1H3/t10-,11?/m1/s1. The molecule has 0 saturated carbocycles. The smallest absolute Gasteiger partial charge is 0.0772 e. The van der Waals surface area contributed by atoms with Crippen LogP contribution in [-0.4, -0.2) is 23.6 Å². The van der Waals surface area contributed by atoms with E-state index in [2.05, 4.69) is 6.07 Å². The lowest BCUT2D eigenvalue weighted by molar-refractivity contribution is 0.129. The summed E-state index contributed by atoms with van der Waals surface area (Å²) in [5.41, 5.74) is 1.02. The van der Waals surface area contributed by atoms with Crippen LogP contribution in [0, 0.1) is 0 Å². The van der Waals surface area contributed by atoms with Crippen molar-refractivity contribution < 1.29 is 9.84 Å². The summed E-state index contributed by atoms with van der Waals surface area (Å²) in [7, 11) is 0. The molecule has 1 heterocycles. The summed E-state index contributed by atoms with van der Waals surface area (Å²) >= 11 is 1.79. The monoisotopic (exact) mass is 238 g/mol. The van der Waals surface area contributed by atoms with Crippen molar-refractivity contribution in [1.82, 2.24) is 0 Å². The van der Waals surface area contributed by atoms with Gasteiger partial charge >= 0.3 is 0 Å². The summed E-state index contributed by atoms with van der Waals surface area (Å²) < 4.78 is 5.59. The van der Waals surface area contributed by atoms with Crippen molar-refractivity contribution >= 4 is 11.8 Å². The van der Waals surface area contributed by atoms with E-state index in [0.29, 0.717) is 6.10 Å². The first-order valence-corrected chi connectivity index (χ1v) is 6.77. The van der Waals surface area contributed by atoms with Crippen LogP contribution in [0.1, 0.15) is 31.4 Å². The molecule has 1 unspecified atom stereocenters. The first kappa shape index (κ1) is 12.0. The van der Waals surface area contributed by atoms with Crippen molar-refractivity contribution in [1.29, 1.82) is 0 Å². The highest BCUT2D eigenvalue weighted by molar-refractivity contribution is 7.99. The maximum absolute atomic E-state index is 9.65. The molecule has 0 spiro atoms. The van der Waals surface area contributed by atoms with E-state index in [-0.39, 0.29) is 0 Å². The summed E-state index contributed by atoms with van der Waals surface area (Å²) in [6, 6.07) is 8.05. The number of thioether (sulfide) groups is 1. The van der Waals surface area contributed by atoms with E-state index in [1.807, 2.05) is 25.1 Å². The van der Waals surface area contributed by atoms with E-state index in [1.165, 1.54) is 17.7 Å². The van der Waals surface area contributed by atoms with Gasteiger partial charge in [-0.2, -0.15) is 0 Å². The molecule has 1 aliphatic rings. The maximum atomic E-state index is 9.65. The van der Waals surface area contributed by atoms with Gasteiger partial charge in [-0.25, -0.2) is 0 Å². The Morgan fingerprint density at radius 2 is 2.31 bits per heavy atom. The lowest BCUT2D eigenvalue weighted by Crippen LogP contribution is -2.08. The third-order valence-corrected chi connectivity index (χ3v) is 4.04. The Labute approximate surface area is 101 Å². The van der Waals surface area contributed by atoms with Gasteiger partial charge in [0.15, 0.2) is 0 Å². The van der Waals surface area contributed by atoms with Crippen LogP contribution < -0.4 is 0 Å². The molecule has 1 fully saturated rings. The number of aliphatic hydroxyl groups excluding tert-OH is 1. The van der Waals surface area contributed by atoms with E-state index in [9.17, 15) is 5.11 Å². The number of ether oxygens (including phenoxy) is 1. The number of benzene rings is 1. The van der Waals surface area contributed by atoms with Crippen molar-refractivity contribution in [3.8, 4) is 0 Å². The Balaban J connectivity index is 1.97. The lowest BCUT2D eigenvalue weighted by Gasteiger charge is -2.13. The Hall–Kier alpha value is -0.510. The molecule has 2 rings (SSSR count). The molecular formula is C13H18O2S. The fraction of sp³-hybridized carbons (Fsp3) is 0.538. The number of aliphatic hydroxyl groups is 1. The van der Waals surface area contributed by atoms with E-state index >= 15 is 0 Å². The largest absolute Gasteiger partial charge is 0.389 e. The van der Waals surface area contributed by atoms with E-state index < -0.39 is 6.10 Å². The van der Waals surface area contributed by atoms with Crippen molar-refractivity contribution in [3.05, 3.63) is 29.8 Å². The van der Waals surface area contributed by atoms with Crippen molar-refractivity contribution in [3.63, 3.8) is 0 Å².